The fraction of sp³-hybridized carbons (Fsp3) is 0.417. The number of hydrogen-bond donors (Lipinski definition) is 2. The highest BCUT2D eigenvalue weighted by atomic mass is 127. The minimum absolute atomic E-state index is 0.0555. The molecule has 0 unspecified atom stereocenters. The molecule has 0 saturated heterocycles. The van der Waals surface area contributed by atoms with Gasteiger partial charge in [-0.3, -0.25) is 4.79 Å². The lowest BCUT2D eigenvalue weighted by atomic mass is 9.95. The normalized spacial score (nSPS) is 11.2. The van der Waals surface area contributed by atoms with Crippen LogP contribution in [0.1, 0.15) is 24.2 Å². The Kier molecular flexibility index (Phi) is 4.73. The van der Waals surface area contributed by atoms with E-state index in [-0.39, 0.29) is 17.9 Å². The van der Waals surface area contributed by atoms with E-state index in [4.69, 9.17) is 5.11 Å². The van der Waals surface area contributed by atoms with Crippen molar-refractivity contribution in [2.75, 3.05) is 13.2 Å². The minimum atomic E-state index is -0.279. The predicted octanol–water partition coefficient (Wildman–Crippen LogP) is 2.04. The molecule has 0 atom stereocenters. The molecule has 0 fully saturated rings. The summed E-state index contributed by atoms with van der Waals surface area (Å²) in [7, 11) is 0. The monoisotopic (exact) mass is 333 g/mol. The molecule has 4 heteroatoms. The van der Waals surface area contributed by atoms with Crippen molar-refractivity contribution in [3.8, 4) is 0 Å². The molecular weight excluding hydrogens is 317 g/mol. The highest BCUT2D eigenvalue weighted by Crippen LogP contribution is 2.12. The van der Waals surface area contributed by atoms with Crippen LogP contribution in [0.3, 0.4) is 0 Å². The summed E-state index contributed by atoms with van der Waals surface area (Å²) < 4.78 is 1.10. The quantitative estimate of drug-likeness (QED) is 0.829. The van der Waals surface area contributed by atoms with Crippen molar-refractivity contribution in [2.45, 2.75) is 13.8 Å². The molecule has 0 bridgehead atoms. The van der Waals surface area contributed by atoms with Gasteiger partial charge in [0.2, 0.25) is 0 Å². The Labute approximate surface area is 109 Å². The Hall–Kier alpha value is -0.620. The SMILES string of the molecule is CC(C)(CO)CNC(=O)c1ccc(I)cc1. The third-order valence-electron chi connectivity index (χ3n) is 2.26. The van der Waals surface area contributed by atoms with Gasteiger partial charge in [0.05, 0.1) is 0 Å². The van der Waals surface area contributed by atoms with E-state index in [9.17, 15) is 4.79 Å². The smallest absolute Gasteiger partial charge is 0.251 e. The Morgan fingerprint density at radius 1 is 1.38 bits per heavy atom. The molecule has 0 aliphatic heterocycles. The fourth-order valence-electron chi connectivity index (χ4n) is 1.08. The number of aliphatic hydroxyl groups is 1. The molecule has 0 radical (unpaired) electrons. The molecule has 1 rings (SSSR count). The van der Waals surface area contributed by atoms with Crippen molar-refractivity contribution >= 4 is 28.5 Å². The van der Waals surface area contributed by atoms with E-state index in [2.05, 4.69) is 27.9 Å². The molecule has 1 aromatic carbocycles. The minimum Gasteiger partial charge on any atom is -0.396 e. The Morgan fingerprint density at radius 3 is 2.44 bits per heavy atom. The highest BCUT2D eigenvalue weighted by molar-refractivity contribution is 14.1. The molecular formula is C12H16INO2. The van der Waals surface area contributed by atoms with Crippen molar-refractivity contribution in [1.82, 2.24) is 5.32 Å². The fourth-order valence-corrected chi connectivity index (χ4v) is 1.44. The topological polar surface area (TPSA) is 49.3 Å². The number of halogens is 1. The molecule has 16 heavy (non-hydrogen) atoms. The predicted molar refractivity (Wildman–Crippen MR) is 72.4 cm³/mol. The Morgan fingerprint density at radius 2 is 1.94 bits per heavy atom. The molecule has 0 saturated carbocycles. The number of hydrogen-bond acceptors (Lipinski definition) is 2. The van der Waals surface area contributed by atoms with Crippen LogP contribution >= 0.6 is 22.6 Å². The van der Waals surface area contributed by atoms with Gasteiger partial charge < -0.3 is 10.4 Å². The number of amides is 1. The maximum atomic E-state index is 11.7. The van der Waals surface area contributed by atoms with Crippen molar-refractivity contribution in [3.05, 3.63) is 33.4 Å². The summed E-state index contributed by atoms with van der Waals surface area (Å²) in [6.45, 7) is 4.33. The summed E-state index contributed by atoms with van der Waals surface area (Å²) >= 11 is 2.20. The van der Waals surface area contributed by atoms with Gasteiger partial charge in [-0.05, 0) is 46.9 Å². The third-order valence-corrected chi connectivity index (χ3v) is 2.98. The summed E-state index contributed by atoms with van der Waals surface area (Å²) in [5.74, 6) is -0.0991. The van der Waals surface area contributed by atoms with Gasteiger partial charge in [0.25, 0.3) is 5.91 Å². The zero-order valence-electron chi connectivity index (χ0n) is 9.46. The van der Waals surface area contributed by atoms with Crippen molar-refractivity contribution in [3.63, 3.8) is 0 Å². The van der Waals surface area contributed by atoms with Crippen LogP contribution in [-0.2, 0) is 0 Å². The summed E-state index contributed by atoms with van der Waals surface area (Å²) in [5, 5.41) is 11.9. The molecule has 0 spiro atoms. The second kappa shape index (κ2) is 5.63. The van der Waals surface area contributed by atoms with Crippen LogP contribution in [0.15, 0.2) is 24.3 Å². The van der Waals surface area contributed by atoms with Gasteiger partial charge >= 0.3 is 0 Å². The number of carbonyl (C=O) groups excluding carboxylic acids is 1. The second-order valence-corrected chi connectivity index (χ2v) is 5.76. The van der Waals surface area contributed by atoms with E-state index < -0.39 is 0 Å². The zero-order chi connectivity index (χ0) is 12.2. The lowest BCUT2D eigenvalue weighted by Crippen LogP contribution is -2.36. The van der Waals surface area contributed by atoms with E-state index in [1.165, 1.54) is 0 Å². The van der Waals surface area contributed by atoms with E-state index in [0.717, 1.165) is 3.57 Å². The highest BCUT2D eigenvalue weighted by Gasteiger charge is 2.17. The number of benzene rings is 1. The van der Waals surface area contributed by atoms with Crippen LogP contribution in [0, 0.1) is 8.99 Å². The van der Waals surface area contributed by atoms with Gasteiger partial charge in [-0.15, -0.1) is 0 Å². The second-order valence-electron chi connectivity index (χ2n) is 4.51. The number of aliphatic hydroxyl groups excluding tert-OH is 1. The third kappa shape index (κ3) is 4.09. The first-order valence-corrected chi connectivity index (χ1v) is 6.17. The first-order valence-electron chi connectivity index (χ1n) is 5.09. The van der Waals surface area contributed by atoms with Gasteiger partial charge in [-0.25, -0.2) is 0 Å². The van der Waals surface area contributed by atoms with E-state index in [0.29, 0.717) is 12.1 Å². The molecule has 2 N–H and O–H groups in total. The van der Waals surface area contributed by atoms with Gasteiger partial charge in [0, 0.05) is 27.7 Å². The zero-order valence-corrected chi connectivity index (χ0v) is 11.6. The van der Waals surface area contributed by atoms with E-state index >= 15 is 0 Å². The average molecular weight is 333 g/mol. The maximum Gasteiger partial charge on any atom is 0.251 e. The standard InChI is InChI=1S/C12H16INO2/c1-12(2,8-15)7-14-11(16)9-3-5-10(13)6-4-9/h3-6,15H,7-8H2,1-2H3,(H,14,16). The van der Waals surface area contributed by atoms with Crippen LogP contribution in [0.2, 0.25) is 0 Å². The molecule has 3 nitrogen and oxygen atoms in total. The number of rotatable bonds is 4. The summed E-state index contributed by atoms with van der Waals surface area (Å²) in [5.41, 5.74) is 0.368. The number of carbonyl (C=O) groups is 1. The van der Waals surface area contributed by atoms with Crippen LogP contribution < -0.4 is 5.32 Å². The molecule has 0 aromatic heterocycles. The summed E-state index contributed by atoms with van der Waals surface area (Å²) in [6, 6.07) is 7.38. The molecule has 0 heterocycles. The van der Waals surface area contributed by atoms with Crippen LogP contribution in [0.4, 0.5) is 0 Å². The van der Waals surface area contributed by atoms with Crippen molar-refractivity contribution in [2.24, 2.45) is 5.41 Å². The molecule has 0 aliphatic carbocycles. The first kappa shape index (κ1) is 13.4. The van der Waals surface area contributed by atoms with E-state index in [1.54, 1.807) is 12.1 Å². The van der Waals surface area contributed by atoms with Gasteiger partial charge in [-0.1, -0.05) is 13.8 Å². The molecule has 1 amide bonds. The molecule has 88 valence electrons. The Bertz CT molecular complexity index is 360. The lowest BCUT2D eigenvalue weighted by Gasteiger charge is -2.21. The van der Waals surface area contributed by atoms with Crippen LogP contribution in [0.5, 0.6) is 0 Å². The largest absolute Gasteiger partial charge is 0.396 e. The first-order chi connectivity index (χ1) is 7.44. The molecule has 0 aliphatic rings. The van der Waals surface area contributed by atoms with Crippen molar-refractivity contribution in [1.29, 1.82) is 0 Å². The van der Waals surface area contributed by atoms with Gasteiger partial charge in [0.1, 0.15) is 0 Å². The van der Waals surface area contributed by atoms with Crippen LogP contribution in [0.25, 0.3) is 0 Å². The molecule has 1 aromatic rings. The average Bonchev–Trinajstić information content (AvgIpc) is 2.27. The van der Waals surface area contributed by atoms with Crippen molar-refractivity contribution < 1.29 is 9.90 Å². The van der Waals surface area contributed by atoms with Crippen LogP contribution in [-0.4, -0.2) is 24.2 Å². The van der Waals surface area contributed by atoms with E-state index in [1.807, 2.05) is 26.0 Å². The summed E-state index contributed by atoms with van der Waals surface area (Å²) in [4.78, 5) is 11.7. The summed E-state index contributed by atoms with van der Waals surface area (Å²) in [6.07, 6.45) is 0. The lowest BCUT2D eigenvalue weighted by molar-refractivity contribution is 0.0911. The maximum absolute atomic E-state index is 11.7. The Balaban J connectivity index is 2.56. The van der Waals surface area contributed by atoms with Gasteiger partial charge in [-0.2, -0.15) is 0 Å². The number of nitrogens with one attached hydrogen (secondary N) is 1. The van der Waals surface area contributed by atoms with Gasteiger partial charge in [0.15, 0.2) is 0 Å².